The summed E-state index contributed by atoms with van der Waals surface area (Å²) in [4.78, 5) is 11.4. The zero-order valence-corrected chi connectivity index (χ0v) is 11.8. The Hall–Kier alpha value is -2.50. The molecule has 1 heterocycles. The number of hydrogen-bond acceptors (Lipinski definition) is 4. The average molecular weight is 274 g/mol. The summed E-state index contributed by atoms with van der Waals surface area (Å²) in [5.41, 5.74) is 12.9. The second-order valence-electron chi connectivity index (χ2n) is 4.84. The van der Waals surface area contributed by atoms with Gasteiger partial charge in [-0.2, -0.15) is 5.10 Å². The molecule has 1 amide bonds. The molecule has 0 saturated carbocycles. The quantitative estimate of drug-likeness (QED) is 0.891. The monoisotopic (exact) mass is 274 g/mol. The predicted molar refractivity (Wildman–Crippen MR) is 76.7 cm³/mol. The number of hydrogen-bond donors (Lipinski definition) is 2. The number of aryl methyl sites for hydroxylation is 1. The summed E-state index contributed by atoms with van der Waals surface area (Å²) in [7, 11) is 1.74. The fourth-order valence-corrected chi connectivity index (χ4v) is 1.96. The van der Waals surface area contributed by atoms with E-state index in [1.165, 1.54) is 0 Å². The molecule has 0 fully saturated rings. The van der Waals surface area contributed by atoms with Crippen molar-refractivity contribution in [2.24, 2.45) is 12.8 Å². The Morgan fingerprint density at radius 1 is 1.35 bits per heavy atom. The number of anilines is 1. The lowest BCUT2D eigenvalue weighted by Crippen LogP contribution is -2.12. The van der Waals surface area contributed by atoms with E-state index in [9.17, 15) is 4.79 Å². The lowest BCUT2D eigenvalue weighted by Gasteiger charge is -2.09. The van der Waals surface area contributed by atoms with Gasteiger partial charge in [0.1, 0.15) is 11.4 Å². The van der Waals surface area contributed by atoms with Crippen molar-refractivity contribution in [2.75, 3.05) is 5.73 Å². The molecule has 0 saturated heterocycles. The highest BCUT2D eigenvalue weighted by atomic mass is 16.5. The highest BCUT2D eigenvalue weighted by Gasteiger charge is 2.19. The van der Waals surface area contributed by atoms with Gasteiger partial charge in [-0.05, 0) is 18.1 Å². The number of nitrogens with zero attached hydrogens (tertiary/aromatic N) is 2. The van der Waals surface area contributed by atoms with Gasteiger partial charge in [-0.1, -0.05) is 26.0 Å². The molecule has 0 spiro atoms. The molecule has 0 unspecified atom stereocenters. The second kappa shape index (κ2) is 5.24. The van der Waals surface area contributed by atoms with Crippen LogP contribution in [0.4, 0.5) is 5.69 Å². The highest BCUT2D eigenvalue weighted by molar-refractivity contribution is 5.95. The van der Waals surface area contributed by atoms with Crippen molar-refractivity contribution < 1.29 is 9.53 Å². The van der Waals surface area contributed by atoms with Crippen LogP contribution < -0.4 is 16.2 Å². The number of rotatable bonds is 4. The fraction of sp³-hybridized carbons (Fsp3) is 0.286. The van der Waals surface area contributed by atoms with E-state index in [-0.39, 0.29) is 5.92 Å². The molecule has 0 atom stereocenters. The van der Waals surface area contributed by atoms with Crippen molar-refractivity contribution in [1.29, 1.82) is 0 Å². The smallest absolute Gasteiger partial charge is 0.252 e. The average Bonchev–Trinajstić information content (AvgIpc) is 2.67. The van der Waals surface area contributed by atoms with E-state index in [1.807, 2.05) is 13.8 Å². The van der Waals surface area contributed by atoms with Crippen LogP contribution in [0.5, 0.6) is 11.6 Å². The first-order valence-corrected chi connectivity index (χ1v) is 6.30. The van der Waals surface area contributed by atoms with E-state index in [2.05, 4.69) is 5.10 Å². The van der Waals surface area contributed by atoms with E-state index in [0.29, 0.717) is 22.9 Å². The minimum Gasteiger partial charge on any atom is -0.436 e. The molecule has 6 nitrogen and oxygen atoms in total. The van der Waals surface area contributed by atoms with E-state index in [4.69, 9.17) is 16.2 Å². The van der Waals surface area contributed by atoms with Gasteiger partial charge in [0.25, 0.3) is 5.91 Å². The van der Waals surface area contributed by atoms with Crippen molar-refractivity contribution >= 4 is 11.6 Å². The molecule has 20 heavy (non-hydrogen) atoms. The molecule has 0 aliphatic heterocycles. The number of amides is 1. The Kier molecular flexibility index (Phi) is 3.65. The maximum Gasteiger partial charge on any atom is 0.252 e. The number of nitrogens with two attached hydrogens (primary N) is 2. The second-order valence-corrected chi connectivity index (χ2v) is 4.84. The molecule has 0 aliphatic rings. The third-order valence-corrected chi connectivity index (χ3v) is 2.96. The van der Waals surface area contributed by atoms with E-state index in [1.54, 1.807) is 36.0 Å². The van der Waals surface area contributed by atoms with Crippen LogP contribution in [0.15, 0.2) is 24.3 Å². The van der Waals surface area contributed by atoms with Crippen LogP contribution >= 0.6 is 0 Å². The lowest BCUT2D eigenvalue weighted by atomic mass is 10.1. The molecule has 2 aromatic rings. The molecule has 106 valence electrons. The molecular weight excluding hydrogens is 256 g/mol. The number of para-hydroxylation sites is 1. The van der Waals surface area contributed by atoms with Gasteiger partial charge in [-0.25, -0.2) is 4.68 Å². The van der Waals surface area contributed by atoms with Crippen LogP contribution in [0.1, 0.15) is 35.8 Å². The standard InChI is InChI=1S/C14H18N4O2/c1-8(2)12-11(15)14(18(3)17-12)20-10-7-5-4-6-9(10)13(16)19/h4-8H,15H2,1-3H3,(H2,16,19). The number of aromatic nitrogens is 2. The van der Waals surface area contributed by atoms with E-state index in [0.717, 1.165) is 5.69 Å². The van der Waals surface area contributed by atoms with Crippen LogP contribution in [0, 0.1) is 0 Å². The van der Waals surface area contributed by atoms with Crippen LogP contribution in [-0.4, -0.2) is 15.7 Å². The zero-order valence-electron chi connectivity index (χ0n) is 11.8. The molecular formula is C14H18N4O2. The topological polar surface area (TPSA) is 96.2 Å². The van der Waals surface area contributed by atoms with Gasteiger partial charge in [0, 0.05) is 7.05 Å². The molecule has 0 radical (unpaired) electrons. The van der Waals surface area contributed by atoms with Crippen molar-refractivity contribution in [3.05, 3.63) is 35.5 Å². The minimum atomic E-state index is -0.551. The van der Waals surface area contributed by atoms with Gasteiger partial charge in [0.15, 0.2) is 0 Å². The Morgan fingerprint density at radius 2 is 2.00 bits per heavy atom. The van der Waals surface area contributed by atoms with Gasteiger partial charge in [-0.3, -0.25) is 4.79 Å². The summed E-state index contributed by atoms with van der Waals surface area (Å²) < 4.78 is 7.30. The van der Waals surface area contributed by atoms with Gasteiger partial charge in [0.2, 0.25) is 5.88 Å². The first-order chi connectivity index (χ1) is 9.41. The minimum absolute atomic E-state index is 0.185. The number of carbonyl (C=O) groups is 1. The van der Waals surface area contributed by atoms with Gasteiger partial charge < -0.3 is 16.2 Å². The van der Waals surface area contributed by atoms with Crippen LogP contribution in [0.25, 0.3) is 0 Å². The first kappa shape index (κ1) is 13.9. The highest BCUT2D eigenvalue weighted by Crippen LogP contribution is 2.34. The van der Waals surface area contributed by atoms with Crippen LogP contribution in [-0.2, 0) is 7.05 Å². The number of nitrogen functional groups attached to an aromatic ring is 1. The largest absolute Gasteiger partial charge is 0.436 e. The molecule has 2 rings (SSSR count). The fourth-order valence-electron chi connectivity index (χ4n) is 1.96. The van der Waals surface area contributed by atoms with Crippen molar-refractivity contribution in [3.8, 4) is 11.6 Å². The number of ether oxygens (including phenoxy) is 1. The Morgan fingerprint density at radius 3 is 2.55 bits per heavy atom. The van der Waals surface area contributed by atoms with Crippen molar-refractivity contribution in [3.63, 3.8) is 0 Å². The number of primary amides is 1. The van der Waals surface area contributed by atoms with Crippen molar-refractivity contribution in [2.45, 2.75) is 19.8 Å². The molecule has 1 aromatic heterocycles. The SMILES string of the molecule is CC(C)c1nn(C)c(Oc2ccccc2C(N)=O)c1N. The maximum absolute atomic E-state index is 11.4. The molecule has 4 N–H and O–H groups in total. The summed E-state index contributed by atoms with van der Waals surface area (Å²) >= 11 is 0. The summed E-state index contributed by atoms with van der Waals surface area (Å²) in [6.07, 6.45) is 0. The molecule has 6 heteroatoms. The van der Waals surface area contributed by atoms with Crippen LogP contribution in [0.3, 0.4) is 0 Å². The molecule has 0 bridgehead atoms. The van der Waals surface area contributed by atoms with Crippen LogP contribution in [0.2, 0.25) is 0 Å². The summed E-state index contributed by atoms with van der Waals surface area (Å²) in [6, 6.07) is 6.76. The molecule has 1 aromatic carbocycles. The Balaban J connectivity index is 2.43. The Labute approximate surface area is 117 Å². The summed E-state index contributed by atoms with van der Waals surface area (Å²) in [5, 5.41) is 4.33. The lowest BCUT2D eigenvalue weighted by molar-refractivity contribution is 0.0998. The zero-order chi connectivity index (χ0) is 14.9. The predicted octanol–water partition coefficient (Wildman–Crippen LogP) is 2.02. The third kappa shape index (κ3) is 2.45. The first-order valence-electron chi connectivity index (χ1n) is 6.30. The van der Waals surface area contributed by atoms with E-state index >= 15 is 0 Å². The number of carbonyl (C=O) groups excluding carboxylic acids is 1. The van der Waals surface area contributed by atoms with Gasteiger partial charge in [-0.15, -0.1) is 0 Å². The maximum atomic E-state index is 11.4. The van der Waals surface area contributed by atoms with Gasteiger partial charge in [0.05, 0.1) is 11.3 Å². The summed E-state index contributed by atoms with van der Waals surface area (Å²) in [5.74, 6) is 0.405. The molecule has 0 aliphatic carbocycles. The van der Waals surface area contributed by atoms with Crippen molar-refractivity contribution in [1.82, 2.24) is 9.78 Å². The number of benzene rings is 1. The Bertz CT molecular complexity index is 647. The van der Waals surface area contributed by atoms with Gasteiger partial charge >= 0.3 is 0 Å². The van der Waals surface area contributed by atoms with E-state index < -0.39 is 5.91 Å². The normalized spacial score (nSPS) is 10.8. The third-order valence-electron chi connectivity index (χ3n) is 2.96. The summed E-state index contributed by atoms with van der Waals surface area (Å²) in [6.45, 7) is 4.00.